The number of hydrogen-bond donors (Lipinski definition) is 3. The highest BCUT2D eigenvalue weighted by Gasteiger charge is 2.23. The third kappa shape index (κ3) is 4.25. The second kappa shape index (κ2) is 8.68. The van der Waals surface area contributed by atoms with Crippen molar-refractivity contribution in [2.45, 2.75) is 0 Å². The number of piperazine rings is 1. The molecule has 2 aromatic rings. The lowest BCUT2D eigenvalue weighted by Gasteiger charge is -2.27. The lowest BCUT2D eigenvalue weighted by Crippen LogP contribution is -2.45. The van der Waals surface area contributed by atoms with Crippen LogP contribution in [0.15, 0.2) is 34.9 Å². The molecule has 3 N–H and O–H groups in total. The number of nitrogens with zero attached hydrogens (tertiary/aromatic N) is 2. The molecular weight excluding hydrogens is 332 g/mol. The second-order valence-electron chi connectivity index (χ2n) is 5.42. The van der Waals surface area contributed by atoms with E-state index in [0.29, 0.717) is 12.1 Å². The van der Waals surface area contributed by atoms with E-state index in [9.17, 15) is 9.90 Å². The van der Waals surface area contributed by atoms with Crippen LogP contribution in [0.4, 0.5) is 5.82 Å². The number of carbonyl (C=O) groups is 1. The van der Waals surface area contributed by atoms with E-state index in [2.05, 4.69) is 20.7 Å². The van der Waals surface area contributed by atoms with Gasteiger partial charge in [0.15, 0.2) is 17.1 Å². The summed E-state index contributed by atoms with van der Waals surface area (Å²) in [5.41, 5.74) is 0.782. The van der Waals surface area contributed by atoms with Crippen molar-refractivity contribution in [3.05, 3.63) is 35.9 Å². The standard InChI is InChI=1S/C16H20N4O3.ClH/c21-16(22)13-14(12-4-2-1-3-5-12)23-19-15(13)18-8-11-20-9-6-17-7-10-20;/h1-5,17H,6-11H2,(H,18,19)(H,21,22);1H. The molecule has 1 aliphatic rings. The van der Waals surface area contributed by atoms with Crippen LogP contribution >= 0.6 is 12.4 Å². The monoisotopic (exact) mass is 352 g/mol. The van der Waals surface area contributed by atoms with E-state index in [1.54, 1.807) is 12.1 Å². The quantitative estimate of drug-likeness (QED) is 0.730. The van der Waals surface area contributed by atoms with Gasteiger partial charge in [-0.15, -0.1) is 12.4 Å². The molecule has 0 bridgehead atoms. The summed E-state index contributed by atoms with van der Waals surface area (Å²) in [6.07, 6.45) is 0. The first-order valence-corrected chi connectivity index (χ1v) is 7.71. The number of aromatic carboxylic acids is 1. The molecule has 2 heterocycles. The minimum Gasteiger partial charge on any atom is -0.477 e. The molecule has 0 unspecified atom stereocenters. The zero-order valence-electron chi connectivity index (χ0n) is 13.2. The third-order valence-electron chi connectivity index (χ3n) is 3.87. The molecule has 1 fully saturated rings. The van der Waals surface area contributed by atoms with E-state index in [1.165, 1.54) is 0 Å². The summed E-state index contributed by atoms with van der Waals surface area (Å²) in [4.78, 5) is 13.9. The first-order chi connectivity index (χ1) is 11.3. The van der Waals surface area contributed by atoms with Crippen LogP contribution in [0.5, 0.6) is 0 Å². The fraction of sp³-hybridized carbons (Fsp3) is 0.375. The SMILES string of the molecule is Cl.O=C(O)c1c(NCCN2CCNCC2)noc1-c1ccccc1. The first kappa shape index (κ1) is 18.3. The average molecular weight is 353 g/mol. The number of carboxylic acids is 1. The maximum Gasteiger partial charge on any atom is 0.343 e. The molecule has 0 amide bonds. The fourth-order valence-electron chi connectivity index (χ4n) is 2.66. The lowest BCUT2D eigenvalue weighted by molar-refractivity contribution is 0.0698. The van der Waals surface area contributed by atoms with Crippen molar-refractivity contribution >= 4 is 24.2 Å². The topological polar surface area (TPSA) is 90.6 Å². The molecule has 24 heavy (non-hydrogen) atoms. The number of anilines is 1. The molecule has 0 aliphatic carbocycles. The van der Waals surface area contributed by atoms with Gasteiger partial charge in [0.2, 0.25) is 0 Å². The van der Waals surface area contributed by atoms with Gasteiger partial charge in [0.1, 0.15) is 0 Å². The van der Waals surface area contributed by atoms with E-state index < -0.39 is 5.97 Å². The summed E-state index contributed by atoms with van der Waals surface area (Å²) in [6.45, 7) is 5.45. The Morgan fingerprint density at radius 2 is 2.00 bits per heavy atom. The molecule has 7 nitrogen and oxygen atoms in total. The van der Waals surface area contributed by atoms with Crippen LogP contribution in [0.25, 0.3) is 11.3 Å². The average Bonchev–Trinajstić information content (AvgIpc) is 3.01. The Kier molecular flexibility index (Phi) is 6.60. The Morgan fingerprint density at radius 3 is 2.67 bits per heavy atom. The maximum absolute atomic E-state index is 11.6. The van der Waals surface area contributed by atoms with Gasteiger partial charge < -0.3 is 20.3 Å². The summed E-state index contributed by atoms with van der Waals surface area (Å²) in [5, 5.41) is 19.8. The number of aromatic nitrogens is 1. The summed E-state index contributed by atoms with van der Waals surface area (Å²) < 4.78 is 5.27. The summed E-state index contributed by atoms with van der Waals surface area (Å²) in [7, 11) is 0. The van der Waals surface area contributed by atoms with Crippen molar-refractivity contribution in [2.75, 3.05) is 44.6 Å². The Balaban J connectivity index is 0.00000208. The highest BCUT2D eigenvalue weighted by Crippen LogP contribution is 2.29. The van der Waals surface area contributed by atoms with Crippen LogP contribution in [0, 0.1) is 0 Å². The van der Waals surface area contributed by atoms with Crippen molar-refractivity contribution in [3.8, 4) is 11.3 Å². The van der Waals surface area contributed by atoms with Gasteiger partial charge in [0.05, 0.1) is 0 Å². The van der Waals surface area contributed by atoms with Gasteiger partial charge in [-0.1, -0.05) is 35.5 Å². The Hall–Kier alpha value is -2.09. The molecule has 8 heteroatoms. The van der Waals surface area contributed by atoms with Crippen molar-refractivity contribution in [3.63, 3.8) is 0 Å². The predicted molar refractivity (Wildman–Crippen MR) is 93.9 cm³/mol. The van der Waals surface area contributed by atoms with Crippen molar-refractivity contribution in [2.24, 2.45) is 0 Å². The molecule has 0 spiro atoms. The molecule has 0 atom stereocenters. The number of halogens is 1. The lowest BCUT2D eigenvalue weighted by atomic mass is 10.1. The van der Waals surface area contributed by atoms with Crippen molar-refractivity contribution in [1.29, 1.82) is 0 Å². The molecular formula is C16H21ClN4O3. The van der Waals surface area contributed by atoms with Gasteiger partial charge in [-0.25, -0.2) is 4.79 Å². The van der Waals surface area contributed by atoms with Gasteiger partial charge in [0, 0.05) is 44.8 Å². The Morgan fingerprint density at radius 1 is 1.29 bits per heavy atom. The number of benzene rings is 1. The highest BCUT2D eigenvalue weighted by molar-refractivity contribution is 5.99. The molecule has 3 rings (SSSR count). The van der Waals surface area contributed by atoms with Gasteiger partial charge in [-0.2, -0.15) is 0 Å². The zero-order chi connectivity index (χ0) is 16.1. The van der Waals surface area contributed by atoms with Gasteiger partial charge >= 0.3 is 5.97 Å². The number of carboxylic acid groups (broad SMARTS) is 1. The molecule has 1 aliphatic heterocycles. The number of nitrogens with one attached hydrogen (secondary N) is 2. The van der Waals surface area contributed by atoms with E-state index >= 15 is 0 Å². The maximum atomic E-state index is 11.6. The molecule has 1 aromatic heterocycles. The Bertz CT molecular complexity index is 657. The summed E-state index contributed by atoms with van der Waals surface area (Å²) >= 11 is 0. The first-order valence-electron chi connectivity index (χ1n) is 7.71. The summed E-state index contributed by atoms with van der Waals surface area (Å²) in [5.74, 6) is -0.482. The van der Waals surface area contributed by atoms with Gasteiger partial charge in [-0.05, 0) is 0 Å². The molecule has 1 saturated heterocycles. The zero-order valence-corrected chi connectivity index (χ0v) is 14.0. The fourth-order valence-corrected chi connectivity index (χ4v) is 2.66. The Labute approximate surface area is 146 Å². The van der Waals surface area contributed by atoms with E-state index in [1.807, 2.05) is 18.2 Å². The summed E-state index contributed by atoms with van der Waals surface area (Å²) in [6, 6.07) is 9.14. The third-order valence-corrected chi connectivity index (χ3v) is 3.87. The van der Waals surface area contributed by atoms with Crippen LogP contribution in [0.2, 0.25) is 0 Å². The largest absolute Gasteiger partial charge is 0.477 e. The van der Waals surface area contributed by atoms with E-state index in [-0.39, 0.29) is 29.5 Å². The van der Waals surface area contributed by atoms with E-state index in [4.69, 9.17) is 4.52 Å². The predicted octanol–water partition coefficient (Wildman–Crippen LogP) is 1.78. The second-order valence-corrected chi connectivity index (χ2v) is 5.42. The van der Waals surface area contributed by atoms with Crippen LogP contribution in [0.1, 0.15) is 10.4 Å². The van der Waals surface area contributed by atoms with Crippen LogP contribution < -0.4 is 10.6 Å². The highest BCUT2D eigenvalue weighted by atomic mass is 35.5. The van der Waals surface area contributed by atoms with Crippen LogP contribution in [-0.4, -0.2) is 60.4 Å². The molecule has 130 valence electrons. The number of hydrogen-bond acceptors (Lipinski definition) is 6. The minimum atomic E-state index is -1.05. The van der Waals surface area contributed by atoms with E-state index in [0.717, 1.165) is 32.7 Å². The van der Waals surface area contributed by atoms with Crippen molar-refractivity contribution in [1.82, 2.24) is 15.4 Å². The minimum absolute atomic E-state index is 0. The normalized spacial score (nSPS) is 14.8. The van der Waals surface area contributed by atoms with Crippen LogP contribution in [-0.2, 0) is 0 Å². The van der Waals surface area contributed by atoms with Gasteiger partial charge in [0.25, 0.3) is 0 Å². The smallest absolute Gasteiger partial charge is 0.343 e. The molecule has 0 saturated carbocycles. The van der Waals surface area contributed by atoms with Crippen LogP contribution in [0.3, 0.4) is 0 Å². The van der Waals surface area contributed by atoms with Crippen molar-refractivity contribution < 1.29 is 14.4 Å². The molecule has 1 aromatic carbocycles. The van der Waals surface area contributed by atoms with Gasteiger partial charge in [-0.3, -0.25) is 4.90 Å². The number of rotatable bonds is 6. The molecule has 0 radical (unpaired) electrons.